The summed E-state index contributed by atoms with van der Waals surface area (Å²) < 4.78 is 5.99. The number of hydrogen-bond acceptors (Lipinski definition) is 5. The quantitative estimate of drug-likeness (QED) is 0.333. The number of rotatable bonds is 7. The Morgan fingerprint density at radius 3 is 2.69 bits per heavy atom. The van der Waals surface area contributed by atoms with E-state index in [1.165, 1.54) is 36.4 Å². The predicted molar refractivity (Wildman–Crippen MR) is 150 cm³/mol. The van der Waals surface area contributed by atoms with E-state index in [0.29, 0.717) is 57.1 Å². The molecule has 0 radical (unpaired) electrons. The van der Waals surface area contributed by atoms with Crippen LogP contribution in [0.4, 0.5) is 5.69 Å². The van der Waals surface area contributed by atoms with Gasteiger partial charge in [-0.15, -0.1) is 0 Å². The molecule has 0 spiro atoms. The molecule has 5 rings (SSSR count). The minimum Gasteiger partial charge on any atom is -0.478 e. The Morgan fingerprint density at radius 2 is 1.92 bits per heavy atom. The number of carbonyl (C=O) groups excluding carboxylic acids is 2. The first-order valence-corrected chi connectivity index (χ1v) is 13.3. The SMILES string of the molecule is CC1=NN(c2cccc(C(=O)O)c2)C(=O)C1=Cc1ccc(-c2ccc(Cl)c(C(=O)NCC3CCCCC3)c2)o1. The molecule has 2 aliphatic rings. The molecule has 2 amide bonds. The Hall–Kier alpha value is -4.17. The first-order valence-electron chi connectivity index (χ1n) is 12.9. The van der Waals surface area contributed by atoms with Crippen LogP contribution in [0.15, 0.2) is 69.7 Å². The maximum absolute atomic E-state index is 13.1. The highest BCUT2D eigenvalue weighted by atomic mass is 35.5. The van der Waals surface area contributed by atoms with Gasteiger partial charge < -0.3 is 14.8 Å². The van der Waals surface area contributed by atoms with Gasteiger partial charge in [-0.1, -0.05) is 36.9 Å². The van der Waals surface area contributed by atoms with Crippen LogP contribution >= 0.6 is 11.6 Å². The van der Waals surface area contributed by atoms with Gasteiger partial charge in [0.15, 0.2) is 0 Å². The molecule has 39 heavy (non-hydrogen) atoms. The van der Waals surface area contributed by atoms with Crippen LogP contribution in [0.25, 0.3) is 17.4 Å². The summed E-state index contributed by atoms with van der Waals surface area (Å²) in [5.74, 6) is -0.232. The highest BCUT2D eigenvalue weighted by Crippen LogP contribution is 2.30. The van der Waals surface area contributed by atoms with E-state index in [-0.39, 0.29) is 11.5 Å². The average Bonchev–Trinajstić information content (AvgIpc) is 3.53. The highest BCUT2D eigenvalue weighted by Gasteiger charge is 2.29. The number of halogens is 1. The zero-order valence-electron chi connectivity index (χ0n) is 21.4. The number of hydrogen-bond donors (Lipinski definition) is 2. The number of furan rings is 1. The number of anilines is 1. The number of aromatic carboxylic acids is 1. The summed E-state index contributed by atoms with van der Waals surface area (Å²) >= 11 is 6.35. The van der Waals surface area contributed by atoms with Crippen molar-refractivity contribution in [1.82, 2.24) is 5.32 Å². The molecule has 9 heteroatoms. The second-order valence-electron chi connectivity index (χ2n) is 9.83. The van der Waals surface area contributed by atoms with Crippen molar-refractivity contribution in [3.05, 3.63) is 82.1 Å². The van der Waals surface area contributed by atoms with Crippen LogP contribution in [0.5, 0.6) is 0 Å². The zero-order valence-corrected chi connectivity index (χ0v) is 22.2. The summed E-state index contributed by atoms with van der Waals surface area (Å²) in [6.07, 6.45) is 7.55. The van der Waals surface area contributed by atoms with Crippen molar-refractivity contribution >= 4 is 46.9 Å². The number of nitrogens with one attached hydrogen (secondary N) is 1. The topological polar surface area (TPSA) is 112 Å². The van der Waals surface area contributed by atoms with Gasteiger partial charge in [0.2, 0.25) is 0 Å². The van der Waals surface area contributed by atoms with Crippen molar-refractivity contribution in [3.63, 3.8) is 0 Å². The number of benzene rings is 2. The van der Waals surface area contributed by atoms with Crippen LogP contribution in [-0.4, -0.2) is 35.1 Å². The minimum atomic E-state index is -1.09. The minimum absolute atomic E-state index is 0.0614. The smallest absolute Gasteiger partial charge is 0.335 e. The zero-order chi connectivity index (χ0) is 27.5. The largest absolute Gasteiger partial charge is 0.478 e. The van der Waals surface area contributed by atoms with Gasteiger partial charge in [-0.3, -0.25) is 9.59 Å². The summed E-state index contributed by atoms with van der Waals surface area (Å²) in [6.45, 7) is 2.34. The fourth-order valence-corrected chi connectivity index (χ4v) is 5.14. The van der Waals surface area contributed by atoms with Gasteiger partial charge in [0.25, 0.3) is 11.8 Å². The Morgan fingerprint density at radius 1 is 1.13 bits per heavy atom. The second kappa shape index (κ2) is 11.3. The van der Waals surface area contributed by atoms with Gasteiger partial charge >= 0.3 is 5.97 Å². The third kappa shape index (κ3) is 5.81. The van der Waals surface area contributed by atoms with E-state index in [1.54, 1.807) is 55.5 Å². The normalized spacial score (nSPS) is 17.0. The lowest BCUT2D eigenvalue weighted by Crippen LogP contribution is -2.30. The molecule has 1 fully saturated rings. The molecule has 2 aromatic carbocycles. The summed E-state index contributed by atoms with van der Waals surface area (Å²) in [5.41, 5.74) is 2.29. The first kappa shape index (κ1) is 26.4. The van der Waals surface area contributed by atoms with E-state index < -0.39 is 11.9 Å². The highest BCUT2D eigenvalue weighted by molar-refractivity contribution is 6.34. The van der Waals surface area contributed by atoms with E-state index >= 15 is 0 Å². The number of hydrazone groups is 1. The Balaban J connectivity index is 1.32. The second-order valence-corrected chi connectivity index (χ2v) is 10.2. The fourth-order valence-electron chi connectivity index (χ4n) is 4.93. The van der Waals surface area contributed by atoms with Crippen molar-refractivity contribution in [2.45, 2.75) is 39.0 Å². The van der Waals surface area contributed by atoms with Crippen LogP contribution in [0, 0.1) is 5.92 Å². The van der Waals surface area contributed by atoms with E-state index in [1.807, 2.05) is 0 Å². The maximum Gasteiger partial charge on any atom is 0.335 e. The Bertz CT molecular complexity index is 1500. The Kier molecular flexibility index (Phi) is 7.65. The molecule has 3 aromatic rings. The number of nitrogens with zero attached hydrogens (tertiary/aromatic N) is 2. The van der Waals surface area contributed by atoms with Crippen molar-refractivity contribution in [2.75, 3.05) is 11.6 Å². The lowest BCUT2D eigenvalue weighted by Gasteiger charge is -2.21. The molecule has 1 aliphatic heterocycles. The van der Waals surface area contributed by atoms with E-state index in [4.69, 9.17) is 16.0 Å². The Labute approximate surface area is 231 Å². The van der Waals surface area contributed by atoms with E-state index in [2.05, 4.69) is 10.4 Å². The number of amides is 2. The van der Waals surface area contributed by atoms with Gasteiger partial charge in [0.1, 0.15) is 11.5 Å². The van der Waals surface area contributed by atoms with Gasteiger partial charge in [0.05, 0.1) is 33.1 Å². The van der Waals surface area contributed by atoms with E-state index in [0.717, 1.165) is 12.8 Å². The molecule has 2 N–H and O–H groups in total. The van der Waals surface area contributed by atoms with Crippen LogP contribution < -0.4 is 10.3 Å². The number of carboxylic acids is 1. The van der Waals surface area contributed by atoms with Crippen LogP contribution in [0.1, 0.15) is 65.5 Å². The molecule has 0 unspecified atom stereocenters. The molecule has 0 atom stereocenters. The molecule has 2 heterocycles. The van der Waals surface area contributed by atoms with Gasteiger partial charge in [0, 0.05) is 12.1 Å². The third-order valence-electron chi connectivity index (χ3n) is 7.09. The van der Waals surface area contributed by atoms with Gasteiger partial charge in [-0.25, -0.2) is 4.79 Å². The lowest BCUT2D eigenvalue weighted by molar-refractivity contribution is -0.114. The third-order valence-corrected chi connectivity index (χ3v) is 7.41. The molecule has 0 saturated heterocycles. The molecule has 1 saturated carbocycles. The van der Waals surface area contributed by atoms with Crippen LogP contribution in [-0.2, 0) is 4.79 Å². The summed E-state index contributed by atoms with van der Waals surface area (Å²) in [5, 5.41) is 18.1. The summed E-state index contributed by atoms with van der Waals surface area (Å²) in [4.78, 5) is 37.3. The van der Waals surface area contributed by atoms with Crippen molar-refractivity contribution in [1.29, 1.82) is 0 Å². The average molecular weight is 546 g/mol. The first-order chi connectivity index (χ1) is 18.8. The van der Waals surface area contributed by atoms with Crippen molar-refractivity contribution in [3.8, 4) is 11.3 Å². The van der Waals surface area contributed by atoms with E-state index in [9.17, 15) is 19.5 Å². The number of carboxylic acid groups (broad SMARTS) is 1. The van der Waals surface area contributed by atoms with Gasteiger partial charge in [-0.05, 0) is 80.3 Å². The molecule has 1 aliphatic carbocycles. The van der Waals surface area contributed by atoms with Crippen LogP contribution in [0.3, 0.4) is 0 Å². The molecule has 8 nitrogen and oxygen atoms in total. The maximum atomic E-state index is 13.1. The lowest BCUT2D eigenvalue weighted by atomic mass is 9.89. The molecular formula is C30H28ClN3O5. The van der Waals surface area contributed by atoms with Gasteiger partial charge in [-0.2, -0.15) is 10.1 Å². The molecule has 0 bridgehead atoms. The monoisotopic (exact) mass is 545 g/mol. The molecular weight excluding hydrogens is 518 g/mol. The fraction of sp³-hybridized carbons (Fsp3) is 0.267. The van der Waals surface area contributed by atoms with Crippen molar-refractivity contribution in [2.24, 2.45) is 11.0 Å². The summed E-state index contributed by atoms with van der Waals surface area (Å²) in [6, 6.07) is 14.7. The molecule has 200 valence electrons. The van der Waals surface area contributed by atoms with Crippen molar-refractivity contribution < 1.29 is 23.9 Å². The summed E-state index contributed by atoms with van der Waals surface area (Å²) in [7, 11) is 0. The van der Waals surface area contributed by atoms with Crippen LogP contribution in [0.2, 0.25) is 5.02 Å². The number of carbonyl (C=O) groups is 3. The standard InChI is InChI=1S/C30H28ClN3O5/c1-18-24(29(36)34(33-18)22-9-5-8-21(14-22)30(37)38)16-23-11-13-27(39-23)20-10-12-26(31)25(15-20)28(35)32-17-19-6-3-2-4-7-19/h5,8-16,19H,2-4,6-7,17H2,1H3,(H,32,35)(H,37,38). The molecule has 1 aromatic heterocycles. The predicted octanol–water partition coefficient (Wildman–Crippen LogP) is 6.41.